The third-order valence-corrected chi connectivity index (χ3v) is 6.93. The molecular formula is C36H22ClFN8O2. The lowest BCUT2D eigenvalue weighted by Crippen LogP contribution is -2.14. The normalized spacial score (nSPS) is 10.0. The second kappa shape index (κ2) is 15.5. The molecule has 0 saturated heterocycles. The van der Waals surface area contributed by atoms with Crippen molar-refractivity contribution in [1.29, 1.82) is 10.5 Å². The number of aromatic nitrogens is 4. The molecule has 232 valence electrons. The van der Waals surface area contributed by atoms with E-state index in [1.807, 2.05) is 36.4 Å². The number of carbonyl (C=O) groups is 2. The molecule has 0 aliphatic carbocycles. The first kappa shape index (κ1) is 32.6. The highest BCUT2D eigenvalue weighted by molar-refractivity contribution is 6.34. The fourth-order valence-corrected chi connectivity index (χ4v) is 4.45. The topological polar surface area (TPSA) is 157 Å². The Morgan fingerprint density at radius 2 is 1.35 bits per heavy atom. The van der Waals surface area contributed by atoms with Crippen LogP contribution in [0.5, 0.6) is 0 Å². The van der Waals surface area contributed by atoms with Crippen molar-refractivity contribution >= 4 is 34.8 Å². The number of amides is 2. The molecule has 0 spiro atoms. The summed E-state index contributed by atoms with van der Waals surface area (Å²) in [4.78, 5) is 41.3. The highest BCUT2D eigenvalue weighted by Crippen LogP contribution is 2.22. The van der Waals surface area contributed by atoms with Crippen LogP contribution in [0.1, 0.15) is 31.8 Å². The number of hydrogen-bond donors (Lipinski definition) is 2. The highest BCUT2D eigenvalue weighted by Gasteiger charge is 2.14. The fourth-order valence-electron chi connectivity index (χ4n) is 4.25. The first-order valence-corrected chi connectivity index (χ1v) is 14.5. The van der Waals surface area contributed by atoms with E-state index in [-0.39, 0.29) is 21.7 Å². The molecule has 4 heterocycles. The average Bonchev–Trinajstić information content (AvgIpc) is 3.13. The van der Waals surface area contributed by atoms with E-state index in [1.54, 1.807) is 67.4 Å². The highest BCUT2D eigenvalue weighted by atomic mass is 35.5. The number of hydrogen-bond acceptors (Lipinski definition) is 8. The maximum absolute atomic E-state index is 13.8. The molecule has 2 N–H and O–H groups in total. The number of benzene rings is 2. The number of halogens is 2. The quantitative estimate of drug-likeness (QED) is 0.189. The van der Waals surface area contributed by atoms with E-state index in [4.69, 9.17) is 22.1 Å². The molecule has 2 aromatic carbocycles. The van der Waals surface area contributed by atoms with E-state index in [9.17, 15) is 14.0 Å². The van der Waals surface area contributed by atoms with Crippen LogP contribution in [0.2, 0.25) is 5.02 Å². The molecule has 0 bridgehead atoms. The van der Waals surface area contributed by atoms with Crippen LogP contribution < -0.4 is 10.6 Å². The molecule has 6 aromatic rings. The molecular weight excluding hydrogens is 631 g/mol. The van der Waals surface area contributed by atoms with Crippen molar-refractivity contribution in [2.75, 3.05) is 10.6 Å². The predicted octanol–water partition coefficient (Wildman–Crippen LogP) is 7.33. The second-order valence-electron chi connectivity index (χ2n) is 9.84. The van der Waals surface area contributed by atoms with E-state index in [2.05, 4.69) is 30.6 Å². The number of carbonyl (C=O) groups excluding carboxylic acids is 2. The predicted molar refractivity (Wildman–Crippen MR) is 178 cm³/mol. The summed E-state index contributed by atoms with van der Waals surface area (Å²) in [5.41, 5.74) is 4.52. The van der Waals surface area contributed by atoms with Gasteiger partial charge in [0.15, 0.2) is 0 Å². The molecule has 10 nitrogen and oxygen atoms in total. The molecule has 0 aliphatic heterocycles. The van der Waals surface area contributed by atoms with Gasteiger partial charge in [-0.05, 0) is 84.9 Å². The smallest absolute Gasteiger partial charge is 0.258 e. The molecule has 0 saturated carbocycles. The summed E-state index contributed by atoms with van der Waals surface area (Å²) in [5.74, 6) is -1.72. The minimum atomic E-state index is -0.687. The Bertz CT molecular complexity index is 2170. The average molecular weight is 653 g/mol. The molecule has 6 rings (SSSR count). The van der Waals surface area contributed by atoms with Crippen LogP contribution in [-0.2, 0) is 0 Å². The molecule has 0 radical (unpaired) electrons. The van der Waals surface area contributed by atoms with Crippen LogP contribution >= 0.6 is 11.6 Å². The zero-order valence-electron chi connectivity index (χ0n) is 24.8. The summed E-state index contributed by atoms with van der Waals surface area (Å²) in [7, 11) is 0. The van der Waals surface area contributed by atoms with Crippen LogP contribution in [0.3, 0.4) is 0 Å². The van der Waals surface area contributed by atoms with Gasteiger partial charge in [-0.3, -0.25) is 29.5 Å². The summed E-state index contributed by atoms with van der Waals surface area (Å²) >= 11 is 6.03. The van der Waals surface area contributed by atoms with Crippen molar-refractivity contribution in [3.63, 3.8) is 0 Å². The summed E-state index contributed by atoms with van der Waals surface area (Å²) < 4.78 is 13.8. The number of nitrogens with zero attached hydrogens (tertiary/aromatic N) is 6. The molecule has 4 aromatic heterocycles. The van der Waals surface area contributed by atoms with Crippen LogP contribution in [0.4, 0.5) is 15.8 Å². The van der Waals surface area contributed by atoms with E-state index >= 15 is 0 Å². The maximum Gasteiger partial charge on any atom is 0.258 e. The van der Waals surface area contributed by atoms with E-state index in [0.29, 0.717) is 28.3 Å². The van der Waals surface area contributed by atoms with Crippen LogP contribution in [0.25, 0.3) is 22.6 Å². The van der Waals surface area contributed by atoms with Gasteiger partial charge in [0.2, 0.25) is 0 Å². The first-order valence-electron chi connectivity index (χ1n) is 14.1. The van der Waals surface area contributed by atoms with Crippen molar-refractivity contribution in [3.8, 4) is 34.8 Å². The van der Waals surface area contributed by atoms with Crippen molar-refractivity contribution in [1.82, 2.24) is 19.9 Å². The molecule has 0 aliphatic rings. The van der Waals surface area contributed by atoms with Gasteiger partial charge in [0.05, 0.1) is 68.4 Å². The zero-order chi connectivity index (χ0) is 33.9. The summed E-state index contributed by atoms with van der Waals surface area (Å²) in [5, 5.41) is 23.4. The lowest BCUT2D eigenvalue weighted by Gasteiger charge is -2.08. The summed E-state index contributed by atoms with van der Waals surface area (Å²) in [6.07, 6.45) is 8.09. The number of rotatable bonds is 6. The lowest BCUT2D eigenvalue weighted by molar-refractivity contribution is 0.101. The standard InChI is InChI=1S/C18H11ClN4O.C18H11FN4O/c19-15-6-4-12(10-20)9-14(15)18(24)23-13-5-7-17(22-11-13)16-3-1-2-8-21-16;19-16-4-3-12(10-20)8-15(16)18(24)23-14-5-7-22-17(9-14)13-2-1-6-21-11-13/h1-9,11H,(H,23,24);1-9,11H,(H,22,23,24). The SMILES string of the molecule is N#Cc1ccc(Cl)c(C(=O)Nc2ccc(-c3ccccn3)nc2)c1.N#Cc1ccc(F)c(C(=O)Nc2ccnc(-c3cccnc3)c2)c1. The van der Waals surface area contributed by atoms with E-state index < -0.39 is 17.6 Å². The van der Waals surface area contributed by atoms with Gasteiger partial charge in [0.1, 0.15) is 5.82 Å². The van der Waals surface area contributed by atoms with Crippen molar-refractivity contribution in [3.05, 3.63) is 155 Å². The molecule has 0 unspecified atom stereocenters. The van der Waals surface area contributed by atoms with Gasteiger partial charge in [-0.15, -0.1) is 0 Å². The van der Waals surface area contributed by atoms with Crippen LogP contribution in [-0.4, -0.2) is 31.8 Å². The third kappa shape index (κ3) is 8.25. The lowest BCUT2D eigenvalue weighted by atomic mass is 10.1. The van der Waals surface area contributed by atoms with Gasteiger partial charge in [-0.25, -0.2) is 4.39 Å². The largest absolute Gasteiger partial charge is 0.322 e. The molecule has 0 atom stereocenters. The molecule has 12 heteroatoms. The minimum absolute atomic E-state index is 0.186. The summed E-state index contributed by atoms with van der Waals surface area (Å²) in [6, 6.07) is 28.0. The Hall–Kier alpha value is -6.82. The van der Waals surface area contributed by atoms with Gasteiger partial charge in [-0.1, -0.05) is 17.7 Å². The van der Waals surface area contributed by atoms with Gasteiger partial charge < -0.3 is 10.6 Å². The van der Waals surface area contributed by atoms with Gasteiger partial charge in [0.25, 0.3) is 11.8 Å². The second-order valence-corrected chi connectivity index (χ2v) is 10.2. The maximum atomic E-state index is 13.8. The molecule has 0 fully saturated rings. The van der Waals surface area contributed by atoms with E-state index in [0.717, 1.165) is 17.3 Å². The number of anilines is 2. The third-order valence-electron chi connectivity index (χ3n) is 6.60. The van der Waals surface area contributed by atoms with Crippen molar-refractivity contribution in [2.45, 2.75) is 0 Å². The Morgan fingerprint density at radius 1 is 0.646 bits per heavy atom. The fraction of sp³-hybridized carbons (Fsp3) is 0. The minimum Gasteiger partial charge on any atom is -0.322 e. The Balaban J connectivity index is 0.000000188. The first-order chi connectivity index (χ1) is 23.3. The van der Waals surface area contributed by atoms with Crippen molar-refractivity contribution in [2.24, 2.45) is 0 Å². The molecule has 2 amide bonds. The van der Waals surface area contributed by atoms with E-state index in [1.165, 1.54) is 24.3 Å². The number of nitriles is 2. The van der Waals surface area contributed by atoms with Crippen LogP contribution in [0.15, 0.2) is 122 Å². The van der Waals surface area contributed by atoms with Crippen LogP contribution in [0, 0.1) is 28.5 Å². The Labute approximate surface area is 279 Å². The Morgan fingerprint density at radius 3 is 2.04 bits per heavy atom. The van der Waals surface area contributed by atoms with Gasteiger partial charge in [0, 0.05) is 36.0 Å². The van der Waals surface area contributed by atoms with Gasteiger partial charge in [-0.2, -0.15) is 10.5 Å². The Kier molecular flexibility index (Phi) is 10.5. The van der Waals surface area contributed by atoms with Gasteiger partial charge >= 0.3 is 0 Å². The monoisotopic (exact) mass is 652 g/mol. The number of pyridine rings is 4. The number of nitrogens with one attached hydrogen (secondary N) is 2. The van der Waals surface area contributed by atoms with Crippen molar-refractivity contribution < 1.29 is 14.0 Å². The molecule has 48 heavy (non-hydrogen) atoms. The zero-order valence-corrected chi connectivity index (χ0v) is 25.6. The summed E-state index contributed by atoms with van der Waals surface area (Å²) in [6.45, 7) is 0.